The molecule has 0 saturated carbocycles. The van der Waals surface area contributed by atoms with Crippen LogP contribution in [-0.2, 0) is 16.0 Å². The van der Waals surface area contributed by atoms with Crippen LogP contribution in [-0.4, -0.2) is 68.5 Å². The van der Waals surface area contributed by atoms with Crippen molar-refractivity contribution in [2.24, 2.45) is 5.92 Å². The first-order valence-corrected chi connectivity index (χ1v) is 11.1. The molecular formula is C24H31N5O3. The van der Waals surface area contributed by atoms with Gasteiger partial charge in [-0.25, -0.2) is 9.97 Å². The molecule has 0 bridgehead atoms. The Bertz CT molecular complexity index is 989. The monoisotopic (exact) mass is 437 g/mol. The van der Waals surface area contributed by atoms with Gasteiger partial charge < -0.3 is 20.6 Å². The number of fused-ring (bicyclic) bond motifs is 1. The Balaban J connectivity index is 1.68. The van der Waals surface area contributed by atoms with Crippen LogP contribution in [0.3, 0.4) is 0 Å². The zero-order chi connectivity index (χ0) is 23.0. The van der Waals surface area contributed by atoms with Crippen molar-refractivity contribution in [3.63, 3.8) is 0 Å². The number of aromatic nitrogens is 2. The van der Waals surface area contributed by atoms with Gasteiger partial charge in [-0.15, -0.1) is 0 Å². The van der Waals surface area contributed by atoms with Crippen LogP contribution in [0.1, 0.15) is 41.8 Å². The number of nitrogen functional groups attached to an aromatic ring is 1. The number of anilines is 1. The standard InChI is InChI=1S/C24H31N5O3/c1-14-18(15(2)27-24(25)26-14)11-22(32)29-12-19(17-7-5-4-6-8-17)23-20(29)13-28(16(3)30)10-9-21(23)31/h4-8,19-21,23,31H,9-13H2,1-3H3,(H2,25,26,27)/t19-,20+,21+,23-/m0/s1. The number of aryl methyl sites for hydroxylation is 2. The van der Waals surface area contributed by atoms with Gasteiger partial charge in [0.1, 0.15) is 0 Å². The molecule has 4 atom stereocenters. The molecular weight excluding hydrogens is 406 g/mol. The van der Waals surface area contributed by atoms with Crippen molar-refractivity contribution in [3.05, 3.63) is 52.8 Å². The molecule has 170 valence electrons. The Morgan fingerprint density at radius 2 is 1.78 bits per heavy atom. The van der Waals surface area contributed by atoms with E-state index in [1.807, 2.05) is 36.9 Å². The molecule has 0 radical (unpaired) electrons. The van der Waals surface area contributed by atoms with E-state index in [0.29, 0.717) is 37.4 Å². The van der Waals surface area contributed by atoms with Gasteiger partial charge in [0, 0.05) is 55.3 Å². The molecule has 8 heteroatoms. The van der Waals surface area contributed by atoms with E-state index in [9.17, 15) is 14.7 Å². The van der Waals surface area contributed by atoms with Gasteiger partial charge in [-0.1, -0.05) is 30.3 Å². The largest absolute Gasteiger partial charge is 0.393 e. The molecule has 0 aliphatic carbocycles. The summed E-state index contributed by atoms with van der Waals surface area (Å²) in [5, 5.41) is 11.1. The average Bonchev–Trinajstić information content (AvgIpc) is 3.04. The molecule has 8 nitrogen and oxygen atoms in total. The number of hydrogen-bond donors (Lipinski definition) is 2. The van der Waals surface area contributed by atoms with Crippen molar-refractivity contribution in [2.45, 2.75) is 51.7 Å². The van der Waals surface area contributed by atoms with Gasteiger partial charge in [0.05, 0.1) is 18.6 Å². The number of aliphatic hydroxyl groups is 1. The summed E-state index contributed by atoms with van der Waals surface area (Å²) in [6, 6.07) is 9.80. The number of rotatable bonds is 3. The second-order valence-corrected chi connectivity index (χ2v) is 8.94. The number of nitrogens with two attached hydrogens (primary N) is 1. The second kappa shape index (κ2) is 8.86. The van der Waals surface area contributed by atoms with E-state index in [-0.39, 0.29) is 42.1 Å². The Labute approximate surface area is 188 Å². The number of benzene rings is 1. The van der Waals surface area contributed by atoms with Gasteiger partial charge in [0.15, 0.2) is 0 Å². The third-order valence-corrected chi connectivity index (χ3v) is 7.01. The maximum Gasteiger partial charge on any atom is 0.227 e. The molecule has 1 aromatic heterocycles. The Morgan fingerprint density at radius 3 is 2.41 bits per heavy atom. The predicted molar refractivity (Wildman–Crippen MR) is 121 cm³/mol. The van der Waals surface area contributed by atoms with Crippen molar-refractivity contribution in [3.8, 4) is 0 Å². The highest BCUT2D eigenvalue weighted by Crippen LogP contribution is 2.42. The first-order valence-electron chi connectivity index (χ1n) is 11.1. The summed E-state index contributed by atoms with van der Waals surface area (Å²) < 4.78 is 0. The summed E-state index contributed by atoms with van der Waals surface area (Å²) in [7, 11) is 0. The molecule has 0 spiro atoms. The van der Waals surface area contributed by atoms with Crippen molar-refractivity contribution >= 4 is 17.8 Å². The van der Waals surface area contributed by atoms with E-state index in [2.05, 4.69) is 22.1 Å². The lowest BCUT2D eigenvalue weighted by Crippen LogP contribution is -2.47. The number of likely N-dealkylation sites (tertiary alicyclic amines) is 2. The molecule has 1 aromatic carbocycles. The number of carbonyl (C=O) groups is 2. The van der Waals surface area contributed by atoms with Gasteiger partial charge in [-0.2, -0.15) is 0 Å². The number of amides is 2. The molecule has 3 heterocycles. The quantitative estimate of drug-likeness (QED) is 0.751. The molecule has 32 heavy (non-hydrogen) atoms. The molecule has 0 unspecified atom stereocenters. The van der Waals surface area contributed by atoms with Crippen LogP contribution >= 0.6 is 0 Å². The fraction of sp³-hybridized carbons (Fsp3) is 0.500. The highest BCUT2D eigenvalue weighted by Gasteiger charge is 2.49. The molecule has 2 amide bonds. The topological polar surface area (TPSA) is 113 Å². The van der Waals surface area contributed by atoms with E-state index in [0.717, 1.165) is 11.1 Å². The van der Waals surface area contributed by atoms with Gasteiger partial charge in [-0.05, 0) is 25.8 Å². The molecule has 4 rings (SSSR count). The van der Waals surface area contributed by atoms with Crippen molar-refractivity contribution in [1.29, 1.82) is 0 Å². The highest BCUT2D eigenvalue weighted by atomic mass is 16.3. The number of aliphatic hydroxyl groups excluding tert-OH is 1. The van der Waals surface area contributed by atoms with Crippen LogP contribution in [0, 0.1) is 19.8 Å². The average molecular weight is 438 g/mol. The minimum Gasteiger partial charge on any atom is -0.393 e. The molecule has 2 aromatic rings. The van der Waals surface area contributed by atoms with Crippen LogP contribution in [0.2, 0.25) is 0 Å². The minimum absolute atomic E-state index is 0.0110. The lowest BCUT2D eigenvalue weighted by molar-refractivity contribution is -0.135. The van der Waals surface area contributed by atoms with Gasteiger partial charge in [0.25, 0.3) is 0 Å². The molecule has 2 saturated heterocycles. The third-order valence-electron chi connectivity index (χ3n) is 7.01. The van der Waals surface area contributed by atoms with E-state index in [1.54, 1.807) is 11.8 Å². The summed E-state index contributed by atoms with van der Waals surface area (Å²) >= 11 is 0. The number of carbonyl (C=O) groups excluding carboxylic acids is 2. The van der Waals surface area contributed by atoms with Crippen molar-refractivity contribution in [2.75, 3.05) is 25.4 Å². The van der Waals surface area contributed by atoms with Crippen LogP contribution in [0.25, 0.3) is 0 Å². The summed E-state index contributed by atoms with van der Waals surface area (Å²) in [6.45, 7) is 6.65. The van der Waals surface area contributed by atoms with Gasteiger partial charge in [-0.3, -0.25) is 9.59 Å². The fourth-order valence-corrected chi connectivity index (χ4v) is 5.36. The molecule has 2 fully saturated rings. The summed E-state index contributed by atoms with van der Waals surface area (Å²) in [5.74, 6) is 0.000636. The predicted octanol–water partition coefficient (Wildman–Crippen LogP) is 1.44. The van der Waals surface area contributed by atoms with E-state index >= 15 is 0 Å². The molecule has 3 N–H and O–H groups in total. The first kappa shape index (κ1) is 22.2. The Hall–Kier alpha value is -3.00. The number of nitrogens with zero attached hydrogens (tertiary/aromatic N) is 4. The smallest absolute Gasteiger partial charge is 0.227 e. The maximum atomic E-state index is 13.6. The normalized spacial score (nSPS) is 25.4. The van der Waals surface area contributed by atoms with E-state index < -0.39 is 6.10 Å². The summed E-state index contributed by atoms with van der Waals surface area (Å²) in [4.78, 5) is 37.8. The molecule has 2 aliphatic rings. The van der Waals surface area contributed by atoms with Crippen LogP contribution < -0.4 is 5.73 Å². The Kier molecular flexibility index (Phi) is 6.15. The lowest BCUT2D eigenvalue weighted by atomic mass is 9.81. The van der Waals surface area contributed by atoms with Crippen LogP contribution in [0.5, 0.6) is 0 Å². The number of hydrogen-bond acceptors (Lipinski definition) is 6. The van der Waals surface area contributed by atoms with E-state index in [4.69, 9.17) is 5.73 Å². The SMILES string of the molecule is CC(=O)N1CC[C@@H](O)[C@@H]2[C@@H](C1)N(C(=O)Cc1c(C)nc(N)nc1C)C[C@H]2c1ccccc1. The second-order valence-electron chi connectivity index (χ2n) is 8.94. The summed E-state index contributed by atoms with van der Waals surface area (Å²) in [5.41, 5.74) is 9.03. The van der Waals surface area contributed by atoms with E-state index in [1.165, 1.54) is 0 Å². The zero-order valence-electron chi connectivity index (χ0n) is 18.9. The zero-order valence-corrected chi connectivity index (χ0v) is 18.9. The Morgan fingerprint density at radius 1 is 1.12 bits per heavy atom. The van der Waals surface area contributed by atoms with Gasteiger partial charge in [0.2, 0.25) is 17.8 Å². The summed E-state index contributed by atoms with van der Waals surface area (Å²) in [6.07, 6.45) is 0.0882. The first-order chi connectivity index (χ1) is 15.3. The van der Waals surface area contributed by atoms with Crippen LogP contribution in [0.15, 0.2) is 30.3 Å². The lowest BCUT2D eigenvalue weighted by Gasteiger charge is -2.31. The van der Waals surface area contributed by atoms with Crippen molar-refractivity contribution < 1.29 is 14.7 Å². The molecule has 2 aliphatic heterocycles. The maximum absolute atomic E-state index is 13.6. The highest BCUT2D eigenvalue weighted by molar-refractivity contribution is 5.80. The van der Waals surface area contributed by atoms with Gasteiger partial charge >= 0.3 is 0 Å². The van der Waals surface area contributed by atoms with Crippen molar-refractivity contribution in [1.82, 2.24) is 19.8 Å². The minimum atomic E-state index is -0.587. The third kappa shape index (κ3) is 4.19. The fourth-order valence-electron chi connectivity index (χ4n) is 5.36. The van der Waals surface area contributed by atoms with Crippen LogP contribution in [0.4, 0.5) is 5.95 Å².